The molecule has 11 heavy (non-hydrogen) atoms. The van der Waals surface area contributed by atoms with Gasteiger partial charge in [0.25, 0.3) is 0 Å². The van der Waals surface area contributed by atoms with Gasteiger partial charge in [0.1, 0.15) is 11.6 Å². The molecule has 0 spiro atoms. The summed E-state index contributed by atoms with van der Waals surface area (Å²) >= 11 is 0. The molecule has 0 saturated heterocycles. The van der Waals surface area contributed by atoms with E-state index in [-0.39, 0.29) is 71.0 Å². The van der Waals surface area contributed by atoms with E-state index in [1.54, 1.807) is 0 Å². The summed E-state index contributed by atoms with van der Waals surface area (Å²) in [5.41, 5.74) is 0. The Morgan fingerprint density at radius 3 is 1.45 bits per heavy atom. The molecule has 0 aliphatic rings. The van der Waals surface area contributed by atoms with E-state index in [1.165, 1.54) is 18.2 Å². The summed E-state index contributed by atoms with van der Waals surface area (Å²) in [6.07, 6.45) is 0. The molecule has 0 aliphatic carbocycles. The first-order valence-corrected chi connectivity index (χ1v) is 2.20. The zero-order valence-corrected chi connectivity index (χ0v) is 11.3. The van der Waals surface area contributed by atoms with E-state index >= 15 is 0 Å². The molecule has 0 aliphatic heterocycles. The van der Waals surface area contributed by atoms with Crippen molar-refractivity contribution in [1.82, 2.24) is 0 Å². The molecule has 1 rings (SSSR count). The normalized spacial score (nSPS) is 6.73. The summed E-state index contributed by atoms with van der Waals surface area (Å²) in [4.78, 5) is 0. The molecule has 0 bridgehead atoms. The monoisotopic (exact) mass is 392 g/mol. The van der Waals surface area contributed by atoms with Gasteiger partial charge in [0.2, 0.25) is 0 Å². The molecule has 0 atom stereocenters. The van der Waals surface area contributed by atoms with Crippen molar-refractivity contribution in [2.24, 2.45) is 0 Å². The van der Waals surface area contributed by atoms with Crippen molar-refractivity contribution in [2.45, 2.75) is 0 Å². The maximum absolute atomic E-state index is 11.9. The van der Waals surface area contributed by atoms with Gasteiger partial charge in [0.15, 0.2) is 0 Å². The van der Waals surface area contributed by atoms with Gasteiger partial charge in [-0.2, -0.15) is 0 Å². The van der Waals surface area contributed by atoms with Crippen LogP contribution in [0.2, 0.25) is 0 Å². The van der Waals surface area contributed by atoms with Gasteiger partial charge in [-0.05, 0) is 12.1 Å². The summed E-state index contributed by atoms with van der Waals surface area (Å²) in [5, 5.41) is 0. The van der Waals surface area contributed by atoms with Crippen LogP contribution in [0.4, 0.5) is 8.78 Å². The molecule has 0 aromatic heterocycles. The maximum Gasteiger partial charge on any atom is 2.00 e. The molecule has 5 heteroatoms. The molecule has 1 aromatic rings. The van der Waals surface area contributed by atoms with Crippen LogP contribution >= 0.6 is 0 Å². The van der Waals surface area contributed by atoms with Crippen LogP contribution in [0.25, 0.3) is 0 Å². The van der Waals surface area contributed by atoms with Gasteiger partial charge in [0, 0.05) is 6.07 Å². The third kappa shape index (κ3) is 7.66. The molecule has 0 saturated carbocycles. The van der Waals surface area contributed by atoms with Gasteiger partial charge < -0.3 is 48.0 Å². The van der Waals surface area contributed by atoms with Crippen molar-refractivity contribution >= 4 is 23.1 Å². The van der Waals surface area contributed by atoms with Gasteiger partial charge in [-0.1, -0.05) is 6.07 Å². The maximum atomic E-state index is 11.9. The van der Waals surface area contributed by atoms with Crippen molar-refractivity contribution in [3.05, 3.63) is 35.9 Å². The Bertz CT molecular complexity index is 178. The van der Waals surface area contributed by atoms with Crippen LogP contribution in [0.5, 0.6) is 0 Å². The number of rotatable bonds is 0. The molecule has 0 fully saturated rings. The Labute approximate surface area is 114 Å². The van der Waals surface area contributed by atoms with Crippen molar-refractivity contribution < 1.29 is 56.7 Å². The first kappa shape index (κ1) is 18.2. The van der Waals surface area contributed by atoms with Crippen LogP contribution in [-0.4, -0.2) is 23.1 Å². The smallest absolute Gasteiger partial charge is 1.00 e. The van der Waals surface area contributed by atoms with Gasteiger partial charge in [-0.25, -0.2) is 8.78 Å². The summed E-state index contributed by atoms with van der Waals surface area (Å²) < 4.78 is 23.9. The Morgan fingerprint density at radius 2 is 1.27 bits per heavy atom. The van der Waals surface area contributed by atoms with Crippen LogP contribution in [0.3, 0.4) is 0 Å². The minimum absolute atomic E-state index is 0. The molecule has 1 aromatic carbocycles. The zero-order chi connectivity index (χ0) is 5.98. The Balaban J connectivity index is -0.000000213. The summed E-state index contributed by atoms with van der Waals surface area (Å²) in [6.45, 7) is 0. The van der Waals surface area contributed by atoms with Gasteiger partial charge in [0.05, 0.1) is 0 Å². The SMILES string of the molecule is Fc1cccc(F)c1.[I-].[I-].[Mg+2]. The minimum atomic E-state index is -0.537. The number of benzene rings is 1. The van der Waals surface area contributed by atoms with Crippen molar-refractivity contribution in [3.8, 4) is 0 Å². The van der Waals surface area contributed by atoms with E-state index in [4.69, 9.17) is 0 Å². The molecule has 58 valence electrons. The molecule has 0 nitrogen and oxygen atoms in total. The average Bonchev–Trinajstić information content (AvgIpc) is 1.64. The van der Waals surface area contributed by atoms with E-state index < -0.39 is 11.6 Å². The van der Waals surface area contributed by atoms with E-state index in [2.05, 4.69) is 0 Å². The second kappa shape index (κ2) is 9.39. The quantitative estimate of drug-likeness (QED) is 0.309. The average molecular weight is 392 g/mol. The number of hydrogen-bond donors (Lipinski definition) is 0. The van der Waals surface area contributed by atoms with Crippen molar-refractivity contribution in [1.29, 1.82) is 0 Å². The Hall–Kier alpha value is 1.31. The van der Waals surface area contributed by atoms with Gasteiger partial charge in [-0.15, -0.1) is 0 Å². The number of hydrogen-bond acceptors (Lipinski definition) is 0. The van der Waals surface area contributed by atoms with Gasteiger partial charge >= 0.3 is 23.1 Å². The minimum Gasteiger partial charge on any atom is -1.00 e. The van der Waals surface area contributed by atoms with Crippen molar-refractivity contribution in [3.63, 3.8) is 0 Å². The topological polar surface area (TPSA) is 0 Å². The van der Waals surface area contributed by atoms with Crippen LogP contribution < -0.4 is 48.0 Å². The van der Waals surface area contributed by atoms with E-state index in [0.717, 1.165) is 6.07 Å². The fourth-order valence-electron chi connectivity index (χ4n) is 0.460. The van der Waals surface area contributed by atoms with Crippen LogP contribution in [0, 0.1) is 11.6 Å². The molecule has 0 heterocycles. The fraction of sp³-hybridized carbons (Fsp3) is 0. The Kier molecular flexibility index (Phi) is 15.5. The van der Waals surface area contributed by atoms with Crippen molar-refractivity contribution in [2.75, 3.05) is 0 Å². The van der Waals surface area contributed by atoms with Crippen LogP contribution in [-0.2, 0) is 0 Å². The predicted molar refractivity (Wildman–Crippen MR) is 32.1 cm³/mol. The fourth-order valence-corrected chi connectivity index (χ4v) is 0.460. The summed E-state index contributed by atoms with van der Waals surface area (Å²) in [7, 11) is 0. The largest absolute Gasteiger partial charge is 2.00 e. The standard InChI is InChI=1S/C6H4F2.2HI.Mg/c7-5-2-1-3-6(8)4-5;;;/h1-4H;2*1H;/q;;;+2/p-2. The molecular weight excluding hydrogens is 388 g/mol. The summed E-state index contributed by atoms with van der Waals surface area (Å²) in [6, 6.07) is 4.55. The van der Waals surface area contributed by atoms with E-state index in [0.29, 0.717) is 0 Å². The molecule has 0 N–H and O–H groups in total. The molecular formula is C6H4F2I2Mg. The first-order chi connectivity index (χ1) is 3.79. The van der Waals surface area contributed by atoms with Gasteiger partial charge in [-0.3, -0.25) is 0 Å². The Morgan fingerprint density at radius 1 is 0.909 bits per heavy atom. The third-order valence-electron chi connectivity index (χ3n) is 0.787. The van der Waals surface area contributed by atoms with E-state index in [1.807, 2.05) is 0 Å². The molecule has 0 radical (unpaired) electrons. The second-order valence-electron chi connectivity index (χ2n) is 1.44. The van der Waals surface area contributed by atoms with Crippen LogP contribution in [0.1, 0.15) is 0 Å². The summed E-state index contributed by atoms with van der Waals surface area (Å²) in [5.74, 6) is -1.07. The number of halogens is 4. The van der Waals surface area contributed by atoms with Crippen LogP contribution in [0.15, 0.2) is 24.3 Å². The van der Waals surface area contributed by atoms with E-state index in [9.17, 15) is 8.78 Å². The first-order valence-electron chi connectivity index (χ1n) is 2.20. The predicted octanol–water partition coefficient (Wildman–Crippen LogP) is -4.41. The second-order valence-corrected chi connectivity index (χ2v) is 1.44. The molecule has 0 amide bonds. The zero-order valence-electron chi connectivity index (χ0n) is 5.53. The third-order valence-corrected chi connectivity index (χ3v) is 0.787. The molecule has 0 unspecified atom stereocenters.